The van der Waals surface area contributed by atoms with Crippen molar-refractivity contribution in [2.24, 2.45) is 23.5 Å². The first kappa shape index (κ1) is 11.4. The van der Waals surface area contributed by atoms with Crippen molar-refractivity contribution in [2.45, 2.75) is 49.3 Å². The topological polar surface area (TPSA) is 104 Å². The van der Waals surface area contributed by atoms with E-state index in [1.165, 1.54) is 0 Å². The molecule has 5 nitrogen and oxygen atoms in total. The van der Waals surface area contributed by atoms with Gasteiger partial charge in [-0.15, -0.1) is 0 Å². The van der Waals surface area contributed by atoms with E-state index in [1.54, 1.807) is 0 Å². The second-order valence-corrected chi connectivity index (χ2v) is 6.37. The summed E-state index contributed by atoms with van der Waals surface area (Å²) < 4.78 is 0. The van der Waals surface area contributed by atoms with Gasteiger partial charge < -0.3 is 21.1 Å². The lowest BCUT2D eigenvalue weighted by Crippen LogP contribution is -2.68. The Kier molecular flexibility index (Phi) is 2.16. The molecule has 0 aromatic heterocycles. The van der Waals surface area contributed by atoms with Crippen LogP contribution in [0, 0.1) is 17.8 Å². The Bertz CT molecular complexity index is 374. The first-order chi connectivity index (χ1) is 7.83. The predicted molar refractivity (Wildman–Crippen MR) is 59.1 cm³/mol. The van der Waals surface area contributed by atoms with Crippen LogP contribution in [0.1, 0.15) is 32.1 Å². The molecule has 4 aliphatic carbocycles. The average Bonchev–Trinajstić information content (AvgIpc) is 2.11. The first-order valence-electron chi connectivity index (χ1n) is 6.26. The molecular formula is C12H19NO4. The number of rotatable bonds is 2. The summed E-state index contributed by atoms with van der Waals surface area (Å²) in [5, 5.41) is 30.0. The number of hydrogen-bond donors (Lipinski definition) is 4. The van der Waals surface area contributed by atoms with Gasteiger partial charge in [-0.3, -0.25) is 4.79 Å². The monoisotopic (exact) mass is 241 g/mol. The molecular weight excluding hydrogens is 222 g/mol. The molecule has 0 aliphatic heterocycles. The highest BCUT2D eigenvalue weighted by molar-refractivity contribution is 5.74. The summed E-state index contributed by atoms with van der Waals surface area (Å²) in [6.45, 7) is 0. The zero-order valence-electron chi connectivity index (χ0n) is 9.67. The third-order valence-corrected chi connectivity index (χ3v) is 5.02. The molecule has 6 atom stereocenters. The molecule has 0 spiro atoms. The van der Waals surface area contributed by atoms with Crippen LogP contribution < -0.4 is 5.73 Å². The summed E-state index contributed by atoms with van der Waals surface area (Å²) in [6.07, 6.45) is 3.13. The van der Waals surface area contributed by atoms with Crippen molar-refractivity contribution in [3.8, 4) is 0 Å². The van der Waals surface area contributed by atoms with Crippen molar-refractivity contribution in [3.05, 3.63) is 0 Å². The van der Waals surface area contributed by atoms with Gasteiger partial charge in [-0.25, -0.2) is 0 Å². The van der Waals surface area contributed by atoms with Crippen LogP contribution in [0.5, 0.6) is 0 Å². The van der Waals surface area contributed by atoms with E-state index in [2.05, 4.69) is 0 Å². The number of carboxylic acids is 1. The maximum Gasteiger partial charge on any atom is 0.320 e. The number of carboxylic acid groups (broad SMARTS) is 1. The number of aliphatic carboxylic acids is 1. The van der Waals surface area contributed by atoms with Gasteiger partial charge in [-0.05, 0) is 37.5 Å². The lowest BCUT2D eigenvalue weighted by Gasteiger charge is -2.62. The molecule has 4 aliphatic rings. The second kappa shape index (κ2) is 3.22. The second-order valence-electron chi connectivity index (χ2n) is 6.37. The van der Waals surface area contributed by atoms with Gasteiger partial charge in [-0.2, -0.15) is 0 Å². The van der Waals surface area contributed by atoms with E-state index in [4.69, 9.17) is 10.8 Å². The maximum atomic E-state index is 11.0. The standard InChI is InChI=1S/C12H19NO4/c13-9(10(14)15)8-7-1-6-2-11(16,4-7)5-12(8,17)3-6/h6-9,16-17H,1-5,13H2,(H,14,15)/t6-,7+,8-,9-,11+,12+/m0/s1. The summed E-state index contributed by atoms with van der Waals surface area (Å²) in [6, 6.07) is -1.02. The lowest BCUT2D eigenvalue weighted by atomic mass is 9.47. The number of carbonyl (C=O) groups is 1. The van der Waals surface area contributed by atoms with E-state index in [1.807, 2.05) is 0 Å². The minimum Gasteiger partial charge on any atom is -0.480 e. The molecule has 4 saturated carbocycles. The average molecular weight is 241 g/mol. The third-order valence-electron chi connectivity index (χ3n) is 5.02. The minimum atomic E-state index is -1.07. The molecule has 0 aromatic carbocycles. The van der Waals surface area contributed by atoms with Crippen LogP contribution in [0.25, 0.3) is 0 Å². The fraction of sp³-hybridized carbons (Fsp3) is 0.917. The molecule has 17 heavy (non-hydrogen) atoms. The highest BCUT2D eigenvalue weighted by Gasteiger charge is 2.63. The number of aliphatic hydroxyl groups is 2. The predicted octanol–water partition coefficient (Wildman–Crippen LogP) is -0.300. The summed E-state index contributed by atoms with van der Waals surface area (Å²) >= 11 is 0. The highest BCUT2D eigenvalue weighted by atomic mass is 16.4. The smallest absolute Gasteiger partial charge is 0.320 e. The van der Waals surface area contributed by atoms with E-state index >= 15 is 0 Å². The van der Waals surface area contributed by atoms with Gasteiger partial charge in [-0.1, -0.05) is 0 Å². The van der Waals surface area contributed by atoms with E-state index in [-0.39, 0.29) is 5.92 Å². The van der Waals surface area contributed by atoms with Gasteiger partial charge >= 0.3 is 5.97 Å². The molecule has 0 amide bonds. The van der Waals surface area contributed by atoms with Gasteiger partial charge in [0.2, 0.25) is 0 Å². The van der Waals surface area contributed by atoms with Crippen molar-refractivity contribution < 1.29 is 20.1 Å². The van der Waals surface area contributed by atoms with E-state index in [9.17, 15) is 15.0 Å². The van der Waals surface area contributed by atoms with Gasteiger partial charge in [0.15, 0.2) is 0 Å². The summed E-state index contributed by atoms with van der Waals surface area (Å²) in [5.74, 6) is -1.08. The van der Waals surface area contributed by atoms with Crippen LogP contribution in [0.2, 0.25) is 0 Å². The van der Waals surface area contributed by atoms with Crippen molar-refractivity contribution in [3.63, 3.8) is 0 Å². The van der Waals surface area contributed by atoms with Gasteiger partial charge in [0.05, 0.1) is 11.2 Å². The van der Waals surface area contributed by atoms with E-state index < -0.39 is 29.1 Å². The van der Waals surface area contributed by atoms with Crippen molar-refractivity contribution in [1.82, 2.24) is 0 Å². The van der Waals surface area contributed by atoms with Crippen LogP contribution in [0.4, 0.5) is 0 Å². The first-order valence-corrected chi connectivity index (χ1v) is 6.26. The Morgan fingerprint density at radius 3 is 2.53 bits per heavy atom. The molecule has 96 valence electrons. The summed E-state index contributed by atoms with van der Waals surface area (Å²) in [5.41, 5.74) is 3.87. The fourth-order valence-corrected chi connectivity index (χ4v) is 4.89. The maximum absolute atomic E-state index is 11.0. The zero-order chi connectivity index (χ0) is 12.4. The molecule has 5 heteroatoms. The van der Waals surface area contributed by atoms with Crippen LogP contribution in [-0.4, -0.2) is 38.5 Å². The molecule has 0 unspecified atom stereocenters. The quantitative estimate of drug-likeness (QED) is 0.531. The van der Waals surface area contributed by atoms with Crippen LogP contribution in [-0.2, 0) is 4.79 Å². The van der Waals surface area contributed by atoms with Crippen molar-refractivity contribution >= 4 is 5.97 Å². The molecule has 5 N–H and O–H groups in total. The largest absolute Gasteiger partial charge is 0.480 e. The molecule has 0 aromatic rings. The van der Waals surface area contributed by atoms with Crippen LogP contribution >= 0.6 is 0 Å². The SMILES string of the molecule is N[C@H](C(=O)O)[C@@H]1[C@@H]2C[C@H]3C[C@@](O)(C2)C[C@]1(O)C3. The fourth-order valence-electron chi connectivity index (χ4n) is 4.89. The zero-order valence-corrected chi connectivity index (χ0v) is 9.67. The Hall–Kier alpha value is -0.650. The van der Waals surface area contributed by atoms with Crippen molar-refractivity contribution in [2.75, 3.05) is 0 Å². The molecule has 4 bridgehead atoms. The van der Waals surface area contributed by atoms with E-state index in [0.29, 0.717) is 25.2 Å². The molecule has 4 fully saturated rings. The molecule has 0 heterocycles. The van der Waals surface area contributed by atoms with Crippen LogP contribution in [0.3, 0.4) is 0 Å². The normalized spacial score (nSPS) is 53.7. The molecule has 4 rings (SSSR count). The number of hydrogen-bond acceptors (Lipinski definition) is 4. The Balaban J connectivity index is 1.95. The van der Waals surface area contributed by atoms with Gasteiger partial charge in [0, 0.05) is 12.3 Å². The molecule has 0 saturated heterocycles. The van der Waals surface area contributed by atoms with Gasteiger partial charge in [0.25, 0.3) is 0 Å². The summed E-state index contributed by atoms with van der Waals surface area (Å²) in [4.78, 5) is 11.0. The Morgan fingerprint density at radius 1 is 1.29 bits per heavy atom. The van der Waals surface area contributed by atoms with Gasteiger partial charge in [0.1, 0.15) is 6.04 Å². The third kappa shape index (κ3) is 1.53. The van der Waals surface area contributed by atoms with E-state index in [0.717, 1.165) is 12.8 Å². The summed E-state index contributed by atoms with van der Waals surface area (Å²) in [7, 11) is 0. The highest BCUT2D eigenvalue weighted by Crippen LogP contribution is 2.60. The van der Waals surface area contributed by atoms with Crippen LogP contribution in [0.15, 0.2) is 0 Å². The minimum absolute atomic E-state index is 0.0531. The Labute approximate surface area is 99.6 Å². The Morgan fingerprint density at radius 2 is 2.00 bits per heavy atom. The van der Waals surface area contributed by atoms with Crippen molar-refractivity contribution in [1.29, 1.82) is 0 Å². The molecule has 0 radical (unpaired) electrons. The number of nitrogens with two attached hydrogens (primary N) is 1. The lowest BCUT2D eigenvalue weighted by molar-refractivity contribution is -0.236.